The van der Waals surface area contributed by atoms with Crippen LogP contribution in [0.3, 0.4) is 0 Å². The molecule has 0 saturated heterocycles. The smallest absolute Gasteiger partial charge is 0.322 e. The third-order valence-corrected chi connectivity index (χ3v) is 6.61. The number of ether oxygens (including phenoxy) is 3. The number of nitro benzene ring substituents is 1. The number of nitrogens with zero attached hydrogens (tertiary/aromatic N) is 5. The van der Waals surface area contributed by atoms with Crippen molar-refractivity contribution in [1.82, 2.24) is 14.9 Å². The predicted octanol–water partition coefficient (Wildman–Crippen LogP) is 6.73. The fourth-order valence-corrected chi connectivity index (χ4v) is 4.41. The zero-order chi connectivity index (χ0) is 32.5. The number of anilines is 1. The largest absolute Gasteiger partial charge is 0.485 e. The Hall–Kier alpha value is -6.48. The highest BCUT2D eigenvalue weighted by atomic mass is 16.6. The summed E-state index contributed by atoms with van der Waals surface area (Å²) in [5.74, 6) is -0.712. The van der Waals surface area contributed by atoms with Crippen molar-refractivity contribution < 1.29 is 23.9 Å². The molecule has 46 heavy (non-hydrogen) atoms. The number of carbonyl (C=O) groups excluding carboxylic acids is 1. The van der Waals surface area contributed by atoms with Crippen LogP contribution in [0.25, 0.3) is 0 Å². The van der Waals surface area contributed by atoms with Gasteiger partial charge in [-0.15, -0.1) is 0 Å². The van der Waals surface area contributed by atoms with Gasteiger partial charge in [-0.3, -0.25) is 14.9 Å². The molecule has 0 atom stereocenters. The summed E-state index contributed by atoms with van der Waals surface area (Å²) in [6.07, 6.45) is 2.85. The number of rotatable bonds is 12. The maximum absolute atomic E-state index is 13.7. The fourth-order valence-electron chi connectivity index (χ4n) is 4.41. The Morgan fingerprint density at radius 3 is 2.20 bits per heavy atom. The molecule has 1 heterocycles. The first-order chi connectivity index (χ1) is 22.3. The second-order valence-corrected chi connectivity index (χ2v) is 10.1. The lowest BCUT2D eigenvalue weighted by Crippen LogP contribution is -2.24. The summed E-state index contributed by atoms with van der Waals surface area (Å²) in [4.78, 5) is 35.0. The Balaban J connectivity index is 1.68. The van der Waals surface area contributed by atoms with Crippen molar-refractivity contribution in [3.05, 3.63) is 136 Å². The minimum absolute atomic E-state index is 0.00132. The van der Waals surface area contributed by atoms with E-state index in [0.29, 0.717) is 0 Å². The van der Waals surface area contributed by atoms with E-state index in [2.05, 4.69) is 21.4 Å². The number of benzene rings is 4. The van der Waals surface area contributed by atoms with Crippen LogP contribution in [-0.2, 0) is 13.2 Å². The number of amides is 1. The summed E-state index contributed by atoms with van der Waals surface area (Å²) >= 11 is 0. The van der Waals surface area contributed by atoms with Crippen molar-refractivity contribution in [3.63, 3.8) is 0 Å². The van der Waals surface area contributed by atoms with Gasteiger partial charge in [0, 0.05) is 45.2 Å². The molecule has 1 aromatic heterocycles. The number of carbonyl (C=O) groups is 1. The van der Waals surface area contributed by atoms with E-state index in [9.17, 15) is 20.2 Å². The highest BCUT2D eigenvalue weighted by molar-refractivity contribution is 6.04. The predicted molar refractivity (Wildman–Crippen MR) is 169 cm³/mol. The van der Waals surface area contributed by atoms with E-state index < -0.39 is 22.1 Å². The van der Waals surface area contributed by atoms with Crippen molar-refractivity contribution >= 4 is 17.3 Å². The van der Waals surface area contributed by atoms with Crippen molar-refractivity contribution in [3.8, 4) is 35.1 Å². The molecule has 0 aliphatic carbocycles. The molecule has 5 rings (SSSR count). The van der Waals surface area contributed by atoms with Gasteiger partial charge in [-0.2, -0.15) is 5.26 Å². The lowest BCUT2D eigenvalue weighted by atomic mass is 10.1. The van der Waals surface area contributed by atoms with E-state index in [1.807, 2.05) is 60.7 Å². The molecule has 1 amide bonds. The Labute approximate surface area is 264 Å². The summed E-state index contributed by atoms with van der Waals surface area (Å²) in [5, 5.41) is 25.4. The molecular formula is C34H28N6O6. The van der Waals surface area contributed by atoms with Crippen molar-refractivity contribution in [1.29, 1.82) is 5.26 Å². The van der Waals surface area contributed by atoms with Gasteiger partial charge in [0.05, 0.1) is 16.6 Å². The third kappa shape index (κ3) is 7.35. The first kappa shape index (κ1) is 31.0. The van der Waals surface area contributed by atoms with Crippen LogP contribution in [0.5, 0.6) is 29.0 Å². The molecule has 4 aromatic carbocycles. The molecule has 0 aliphatic heterocycles. The van der Waals surface area contributed by atoms with Gasteiger partial charge < -0.3 is 24.4 Å². The summed E-state index contributed by atoms with van der Waals surface area (Å²) in [5.41, 5.74) is 1.09. The van der Waals surface area contributed by atoms with E-state index >= 15 is 0 Å². The van der Waals surface area contributed by atoms with Gasteiger partial charge in [0.1, 0.15) is 12.3 Å². The van der Waals surface area contributed by atoms with Crippen LogP contribution in [0.15, 0.2) is 103 Å². The lowest BCUT2D eigenvalue weighted by Gasteiger charge is -2.20. The number of hydrogen-bond acceptors (Lipinski definition) is 10. The van der Waals surface area contributed by atoms with Gasteiger partial charge in [-0.1, -0.05) is 60.7 Å². The third-order valence-electron chi connectivity index (χ3n) is 6.61. The second kappa shape index (κ2) is 14.3. The van der Waals surface area contributed by atoms with Crippen molar-refractivity contribution in [2.75, 3.05) is 19.4 Å². The van der Waals surface area contributed by atoms with Crippen LogP contribution in [0.4, 0.5) is 11.4 Å². The minimum Gasteiger partial charge on any atom is -0.485 e. The SMILES string of the molecule is CN(C)C(=O)c1c(Oc2ncccn2)c(Oc2cc(C#N)ccc2OCc2ccccc2)cc(NCc2ccccc2)c1[N+](=O)[O-]. The molecular weight excluding hydrogens is 588 g/mol. The van der Waals surface area contributed by atoms with Gasteiger partial charge in [0.2, 0.25) is 0 Å². The topological polar surface area (TPSA) is 153 Å². The van der Waals surface area contributed by atoms with Gasteiger partial charge in [-0.05, 0) is 29.3 Å². The normalized spacial score (nSPS) is 10.4. The van der Waals surface area contributed by atoms with Crippen LogP contribution in [0.2, 0.25) is 0 Å². The van der Waals surface area contributed by atoms with Gasteiger partial charge in [0.25, 0.3) is 5.91 Å². The molecule has 0 spiro atoms. The molecule has 0 saturated carbocycles. The number of hydrogen-bond donors (Lipinski definition) is 1. The van der Waals surface area contributed by atoms with E-state index in [4.69, 9.17) is 14.2 Å². The van der Waals surface area contributed by atoms with Crippen molar-refractivity contribution in [2.45, 2.75) is 13.2 Å². The second-order valence-electron chi connectivity index (χ2n) is 10.1. The van der Waals surface area contributed by atoms with Crippen LogP contribution in [-0.4, -0.2) is 39.8 Å². The highest BCUT2D eigenvalue weighted by Crippen LogP contribution is 2.48. The summed E-state index contributed by atoms with van der Waals surface area (Å²) in [7, 11) is 2.93. The van der Waals surface area contributed by atoms with Gasteiger partial charge in [-0.25, -0.2) is 9.97 Å². The van der Waals surface area contributed by atoms with Gasteiger partial charge in [0.15, 0.2) is 28.6 Å². The minimum atomic E-state index is -0.725. The Morgan fingerprint density at radius 1 is 0.891 bits per heavy atom. The average molecular weight is 617 g/mol. The quantitative estimate of drug-likeness (QED) is 0.118. The molecule has 0 radical (unpaired) electrons. The molecule has 230 valence electrons. The monoisotopic (exact) mass is 616 g/mol. The summed E-state index contributed by atoms with van der Waals surface area (Å²) < 4.78 is 18.4. The molecule has 0 fully saturated rings. The number of nitro groups is 1. The Morgan fingerprint density at radius 2 is 1.57 bits per heavy atom. The zero-order valence-electron chi connectivity index (χ0n) is 24.9. The first-order valence-corrected chi connectivity index (χ1v) is 14.0. The molecule has 12 nitrogen and oxygen atoms in total. The van der Waals surface area contributed by atoms with Gasteiger partial charge >= 0.3 is 11.7 Å². The molecule has 0 bridgehead atoms. The van der Waals surface area contributed by atoms with Crippen LogP contribution >= 0.6 is 0 Å². The summed E-state index contributed by atoms with van der Waals surface area (Å²) in [6, 6.07) is 28.2. The van der Waals surface area contributed by atoms with Crippen LogP contribution in [0.1, 0.15) is 27.0 Å². The first-order valence-electron chi connectivity index (χ1n) is 14.0. The Bertz CT molecular complexity index is 1880. The number of nitriles is 1. The van der Waals surface area contributed by atoms with E-state index in [1.165, 1.54) is 43.5 Å². The number of aromatic nitrogens is 2. The lowest BCUT2D eigenvalue weighted by molar-refractivity contribution is -0.384. The fraction of sp³-hybridized carbons (Fsp3) is 0.118. The van der Waals surface area contributed by atoms with Crippen LogP contribution < -0.4 is 19.5 Å². The van der Waals surface area contributed by atoms with Crippen molar-refractivity contribution in [2.24, 2.45) is 0 Å². The van der Waals surface area contributed by atoms with E-state index in [0.717, 1.165) is 11.1 Å². The maximum atomic E-state index is 13.7. The highest BCUT2D eigenvalue weighted by Gasteiger charge is 2.35. The average Bonchev–Trinajstić information content (AvgIpc) is 3.08. The zero-order valence-corrected chi connectivity index (χ0v) is 24.9. The number of nitrogens with one attached hydrogen (secondary N) is 1. The van der Waals surface area contributed by atoms with Crippen LogP contribution in [0, 0.1) is 21.4 Å². The Kier molecular flexibility index (Phi) is 9.64. The molecule has 0 aliphatic rings. The molecule has 1 N–H and O–H groups in total. The standard InChI is InChI=1S/C34H28N6O6/c1-39(2)33(41)30-31(40(42)43)26(38-21-23-10-5-3-6-11-23)19-29(32(30)46-34-36-16-9-17-37-34)45-28-18-25(20-35)14-15-27(28)44-22-24-12-7-4-8-13-24/h3-19,38H,21-22H2,1-2H3. The summed E-state index contributed by atoms with van der Waals surface area (Å²) in [6.45, 7) is 0.396. The molecule has 0 unspecified atom stereocenters. The molecule has 12 heteroatoms. The maximum Gasteiger partial charge on any atom is 0.322 e. The van der Waals surface area contributed by atoms with E-state index in [1.54, 1.807) is 18.2 Å². The van der Waals surface area contributed by atoms with E-state index in [-0.39, 0.29) is 53.4 Å². The molecule has 5 aromatic rings.